The van der Waals surface area contributed by atoms with E-state index in [9.17, 15) is 9.90 Å². The lowest BCUT2D eigenvalue weighted by Gasteiger charge is -2.19. The molecule has 3 rings (SSSR count). The summed E-state index contributed by atoms with van der Waals surface area (Å²) in [5.74, 6) is 1.00. The number of aliphatic hydroxyl groups excluding tert-OH is 1. The topological polar surface area (TPSA) is 69.6 Å². The van der Waals surface area contributed by atoms with E-state index in [0.29, 0.717) is 13.0 Å². The van der Waals surface area contributed by atoms with E-state index in [1.807, 2.05) is 24.2 Å². The first-order chi connectivity index (χ1) is 10.6. The van der Waals surface area contributed by atoms with Gasteiger partial charge in [0.2, 0.25) is 5.91 Å². The van der Waals surface area contributed by atoms with Gasteiger partial charge in [0, 0.05) is 63.0 Å². The number of β-amino-alcohol motifs (C(OH)–C–C–N with tert-alkyl or cyclic N) is 1. The van der Waals surface area contributed by atoms with Crippen molar-refractivity contribution in [2.24, 2.45) is 5.92 Å². The van der Waals surface area contributed by atoms with Gasteiger partial charge in [-0.3, -0.25) is 9.69 Å². The van der Waals surface area contributed by atoms with E-state index in [2.05, 4.69) is 14.9 Å². The average Bonchev–Trinajstić information content (AvgIpc) is 3.12. The van der Waals surface area contributed by atoms with Gasteiger partial charge in [-0.1, -0.05) is 0 Å². The first-order valence-corrected chi connectivity index (χ1v) is 8.07. The van der Waals surface area contributed by atoms with E-state index >= 15 is 0 Å². The number of aromatic nitrogens is 2. The Kier molecular flexibility index (Phi) is 4.69. The van der Waals surface area contributed by atoms with Gasteiger partial charge < -0.3 is 10.0 Å². The van der Waals surface area contributed by atoms with Gasteiger partial charge >= 0.3 is 0 Å². The van der Waals surface area contributed by atoms with Crippen molar-refractivity contribution in [3.63, 3.8) is 0 Å². The molecule has 0 bridgehead atoms. The molecule has 0 radical (unpaired) electrons. The molecule has 120 valence electrons. The maximum atomic E-state index is 12.2. The fraction of sp³-hybridized carbons (Fsp3) is 0.688. The van der Waals surface area contributed by atoms with Gasteiger partial charge in [0.25, 0.3) is 0 Å². The van der Waals surface area contributed by atoms with Crippen molar-refractivity contribution in [3.05, 3.63) is 23.8 Å². The molecule has 6 heteroatoms. The van der Waals surface area contributed by atoms with E-state index in [-0.39, 0.29) is 11.8 Å². The second kappa shape index (κ2) is 6.71. The minimum absolute atomic E-state index is 0.0412. The van der Waals surface area contributed by atoms with Crippen molar-refractivity contribution in [3.8, 4) is 0 Å². The molecule has 2 atom stereocenters. The SMILES string of the molecule is Cc1ncc(CN2C[C@H](CC(=O)N3CCCC3)[C@@H](O)C2)cn1. The van der Waals surface area contributed by atoms with Crippen molar-refractivity contribution in [2.75, 3.05) is 26.2 Å². The monoisotopic (exact) mass is 304 g/mol. The molecule has 1 aromatic rings. The highest BCUT2D eigenvalue weighted by atomic mass is 16.3. The van der Waals surface area contributed by atoms with Crippen LogP contribution in [0.5, 0.6) is 0 Å². The van der Waals surface area contributed by atoms with Crippen LogP contribution in [0.25, 0.3) is 0 Å². The molecule has 2 aliphatic heterocycles. The summed E-state index contributed by atoms with van der Waals surface area (Å²) in [5.41, 5.74) is 1.05. The molecule has 1 N–H and O–H groups in total. The zero-order valence-corrected chi connectivity index (χ0v) is 13.1. The molecule has 1 aromatic heterocycles. The van der Waals surface area contributed by atoms with Crippen molar-refractivity contribution in [1.29, 1.82) is 0 Å². The molecule has 0 unspecified atom stereocenters. The number of carbonyl (C=O) groups is 1. The molecule has 0 aromatic carbocycles. The largest absolute Gasteiger partial charge is 0.391 e. The summed E-state index contributed by atoms with van der Waals surface area (Å²) < 4.78 is 0. The van der Waals surface area contributed by atoms with E-state index in [4.69, 9.17) is 0 Å². The summed E-state index contributed by atoms with van der Waals surface area (Å²) in [6.45, 7) is 5.73. The molecule has 0 spiro atoms. The number of hydrogen-bond donors (Lipinski definition) is 1. The molecular weight excluding hydrogens is 280 g/mol. The van der Waals surface area contributed by atoms with Crippen LogP contribution in [0, 0.1) is 12.8 Å². The highest BCUT2D eigenvalue weighted by molar-refractivity contribution is 5.76. The number of hydrogen-bond acceptors (Lipinski definition) is 5. The predicted octanol–water partition coefficient (Wildman–Crippen LogP) is 0.590. The van der Waals surface area contributed by atoms with Crippen molar-refractivity contribution in [1.82, 2.24) is 19.8 Å². The van der Waals surface area contributed by atoms with Crippen LogP contribution in [0.1, 0.15) is 30.7 Å². The van der Waals surface area contributed by atoms with Crippen LogP contribution >= 0.6 is 0 Å². The maximum absolute atomic E-state index is 12.2. The molecule has 2 fully saturated rings. The average molecular weight is 304 g/mol. The summed E-state index contributed by atoms with van der Waals surface area (Å²) in [4.78, 5) is 24.7. The Hall–Kier alpha value is -1.53. The molecule has 0 aliphatic carbocycles. The minimum Gasteiger partial charge on any atom is -0.391 e. The maximum Gasteiger partial charge on any atom is 0.222 e. The van der Waals surface area contributed by atoms with Crippen molar-refractivity contribution < 1.29 is 9.90 Å². The van der Waals surface area contributed by atoms with Crippen LogP contribution in [0.3, 0.4) is 0 Å². The fourth-order valence-electron chi connectivity index (χ4n) is 3.35. The zero-order chi connectivity index (χ0) is 15.5. The number of nitrogens with zero attached hydrogens (tertiary/aromatic N) is 4. The highest BCUT2D eigenvalue weighted by Crippen LogP contribution is 2.23. The molecule has 1 amide bonds. The van der Waals surface area contributed by atoms with Gasteiger partial charge in [-0.05, 0) is 19.8 Å². The summed E-state index contributed by atoms with van der Waals surface area (Å²) in [7, 11) is 0. The van der Waals surface area contributed by atoms with Gasteiger partial charge in [0.1, 0.15) is 5.82 Å². The second-order valence-electron chi connectivity index (χ2n) is 6.45. The third-order valence-electron chi connectivity index (χ3n) is 4.62. The summed E-state index contributed by atoms with van der Waals surface area (Å²) in [5, 5.41) is 10.2. The molecule has 22 heavy (non-hydrogen) atoms. The normalized spacial score (nSPS) is 25.8. The lowest BCUT2D eigenvalue weighted by Crippen LogP contribution is -2.32. The predicted molar refractivity (Wildman–Crippen MR) is 82.0 cm³/mol. The minimum atomic E-state index is -0.419. The van der Waals surface area contributed by atoms with Gasteiger partial charge in [-0.25, -0.2) is 9.97 Å². The summed E-state index contributed by atoms with van der Waals surface area (Å²) in [6.07, 6.45) is 5.92. The van der Waals surface area contributed by atoms with Crippen LogP contribution in [-0.2, 0) is 11.3 Å². The Labute approximate surface area is 131 Å². The van der Waals surface area contributed by atoms with Gasteiger partial charge in [-0.15, -0.1) is 0 Å². The Bertz CT molecular complexity index is 513. The Morgan fingerprint density at radius 3 is 2.64 bits per heavy atom. The van der Waals surface area contributed by atoms with Crippen LogP contribution < -0.4 is 0 Å². The van der Waals surface area contributed by atoms with Gasteiger partial charge in [0.15, 0.2) is 0 Å². The van der Waals surface area contributed by atoms with E-state index in [0.717, 1.165) is 50.4 Å². The van der Waals surface area contributed by atoms with E-state index < -0.39 is 6.10 Å². The van der Waals surface area contributed by atoms with Crippen LogP contribution in [-0.4, -0.2) is 63.1 Å². The molecule has 0 saturated carbocycles. The first kappa shape index (κ1) is 15.4. The molecule has 6 nitrogen and oxygen atoms in total. The van der Waals surface area contributed by atoms with Crippen LogP contribution in [0.4, 0.5) is 0 Å². The Balaban J connectivity index is 1.52. The third-order valence-corrected chi connectivity index (χ3v) is 4.62. The third kappa shape index (κ3) is 3.62. The fourth-order valence-corrected chi connectivity index (χ4v) is 3.35. The lowest BCUT2D eigenvalue weighted by atomic mass is 10.0. The molecule has 3 heterocycles. The summed E-state index contributed by atoms with van der Waals surface area (Å²) >= 11 is 0. The first-order valence-electron chi connectivity index (χ1n) is 8.07. The standard InChI is InChI=1S/C16H24N4O2/c1-12-17-7-13(8-18-12)9-19-10-14(15(21)11-19)6-16(22)20-4-2-3-5-20/h7-8,14-15,21H,2-6,9-11H2,1H3/t14-,15-/m0/s1. The number of rotatable bonds is 4. The van der Waals surface area contributed by atoms with Crippen LogP contribution in [0.2, 0.25) is 0 Å². The number of likely N-dealkylation sites (tertiary alicyclic amines) is 2. The second-order valence-corrected chi connectivity index (χ2v) is 6.45. The number of carbonyl (C=O) groups excluding carboxylic acids is 1. The Morgan fingerprint density at radius 2 is 1.95 bits per heavy atom. The van der Waals surface area contributed by atoms with Crippen LogP contribution in [0.15, 0.2) is 12.4 Å². The smallest absolute Gasteiger partial charge is 0.222 e. The quantitative estimate of drug-likeness (QED) is 0.882. The molecule has 2 saturated heterocycles. The van der Waals surface area contributed by atoms with E-state index in [1.54, 1.807) is 0 Å². The number of aliphatic hydroxyl groups is 1. The molecular formula is C16H24N4O2. The molecule has 2 aliphatic rings. The van der Waals surface area contributed by atoms with Crippen molar-refractivity contribution >= 4 is 5.91 Å². The number of amides is 1. The van der Waals surface area contributed by atoms with Crippen molar-refractivity contribution in [2.45, 2.75) is 38.8 Å². The lowest BCUT2D eigenvalue weighted by molar-refractivity contribution is -0.131. The summed E-state index contributed by atoms with van der Waals surface area (Å²) in [6, 6.07) is 0. The van der Waals surface area contributed by atoms with Gasteiger partial charge in [-0.2, -0.15) is 0 Å². The van der Waals surface area contributed by atoms with E-state index in [1.165, 1.54) is 0 Å². The van der Waals surface area contributed by atoms with Gasteiger partial charge in [0.05, 0.1) is 6.10 Å². The number of aryl methyl sites for hydroxylation is 1. The zero-order valence-electron chi connectivity index (χ0n) is 13.1. The Morgan fingerprint density at radius 1 is 1.27 bits per heavy atom. The highest BCUT2D eigenvalue weighted by Gasteiger charge is 2.34.